The van der Waals surface area contributed by atoms with Crippen molar-refractivity contribution in [3.05, 3.63) is 27.7 Å². The third-order valence-corrected chi connectivity index (χ3v) is 3.97. The summed E-state index contributed by atoms with van der Waals surface area (Å²) < 4.78 is 0. The molecular formula is C11H9Cl2NO. The molecule has 0 unspecified atom stereocenters. The Morgan fingerprint density at radius 2 is 2.00 bits per heavy atom. The Morgan fingerprint density at radius 1 is 1.27 bits per heavy atom. The van der Waals surface area contributed by atoms with Gasteiger partial charge in [0.1, 0.15) is 0 Å². The smallest absolute Gasteiger partial charge is 0.235 e. The van der Waals surface area contributed by atoms with Crippen LogP contribution in [0.15, 0.2) is 12.1 Å². The van der Waals surface area contributed by atoms with Gasteiger partial charge in [-0.05, 0) is 30.5 Å². The summed E-state index contributed by atoms with van der Waals surface area (Å²) in [6.45, 7) is 0. The zero-order chi connectivity index (χ0) is 10.6. The van der Waals surface area contributed by atoms with Crippen LogP contribution in [0.1, 0.15) is 24.8 Å². The van der Waals surface area contributed by atoms with Crippen molar-refractivity contribution in [2.24, 2.45) is 0 Å². The molecule has 0 saturated heterocycles. The summed E-state index contributed by atoms with van der Waals surface area (Å²) in [7, 11) is 0. The fourth-order valence-electron chi connectivity index (χ4n) is 2.46. The van der Waals surface area contributed by atoms with Crippen molar-refractivity contribution in [2.75, 3.05) is 5.32 Å². The molecule has 1 saturated carbocycles. The van der Waals surface area contributed by atoms with Crippen LogP contribution >= 0.6 is 23.2 Å². The number of halogens is 2. The normalized spacial score (nSPS) is 21.1. The van der Waals surface area contributed by atoms with E-state index in [1.54, 1.807) is 6.07 Å². The molecule has 1 N–H and O–H groups in total. The molecule has 1 spiro atoms. The molecular weight excluding hydrogens is 233 g/mol. The maximum absolute atomic E-state index is 11.9. The van der Waals surface area contributed by atoms with Crippen LogP contribution in [0.25, 0.3) is 0 Å². The van der Waals surface area contributed by atoms with Crippen molar-refractivity contribution in [1.82, 2.24) is 0 Å². The van der Waals surface area contributed by atoms with Crippen molar-refractivity contribution < 1.29 is 4.79 Å². The van der Waals surface area contributed by atoms with Crippen LogP contribution in [0.3, 0.4) is 0 Å². The van der Waals surface area contributed by atoms with E-state index in [0.717, 1.165) is 30.5 Å². The molecule has 1 aromatic carbocycles. The van der Waals surface area contributed by atoms with Gasteiger partial charge in [0.15, 0.2) is 0 Å². The van der Waals surface area contributed by atoms with E-state index in [0.29, 0.717) is 10.0 Å². The molecule has 0 atom stereocenters. The minimum Gasteiger partial charge on any atom is -0.324 e. The molecule has 1 amide bonds. The molecule has 1 heterocycles. The van der Waals surface area contributed by atoms with Crippen molar-refractivity contribution >= 4 is 34.8 Å². The maximum atomic E-state index is 11.9. The lowest BCUT2D eigenvalue weighted by atomic mass is 9.65. The zero-order valence-electron chi connectivity index (χ0n) is 7.94. The lowest BCUT2D eigenvalue weighted by Gasteiger charge is -2.36. The van der Waals surface area contributed by atoms with Crippen molar-refractivity contribution in [3.8, 4) is 0 Å². The topological polar surface area (TPSA) is 29.1 Å². The van der Waals surface area contributed by atoms with Crippen LogP contribution in [0.2, 0.25) is 10.0 Å². The number of rotatable bonds is 0. The number of anilines is 1. The van der Waals surface area contributed by atoms with E-state index in [2.05, 4.69) is 5.32 Å². The average molecular weight is 242 g/mol. The summed E-state index contributed by atoms with van der Waals surface area (Å²) in [5.74, 6) is 0.0768. The quantitative estimate of drug-likeness (QED) is 0.742. The Kier molecular flexibility index (Phi) is 1.83. The van der Waals surface area contributed by atoms with Crippen LogP contribution in [-0.4, -0.2) is 5.91 Å². The van der Waals surface area contributed by atoms with E-state index in [1.165, 1.54) is 0 Å². The molecule has 1 aromatic rings. The van der Waals surface area contributed by atoms with Gasteiger partial charge in [-0.2, -0.15) is 0 Å². The minimum absolute atomic E-state index is 0.0768. The first-order chi connectivity index (χ1) is 7.13. The first kappa shape index (κ1) is 9.49. The predicted octanol–water partition coefficient (Wildman–Crippen LogP) is 3.37. The van der Waals surface area contributed by atoms with Gasteiger partial charge in [0, 0.05) is 5.02 Å². The van der Waals surface area contributed by atoms with E-state index in [1.807, 2.05) is 6.07 Å². The maximum Gasteiger partial charge on any atom is 0.235 e. The highest BCUT2D eigenvalue weighted by Crippen LogP contribution is 2.53. The number of hydrogen-bond donors (Lipinski definition) is 1. The molecule has 1 aliphatic carbocycles. The summed E-state index contributed by atoms with van der Waals surface area (Å²) >= 11 is 12.0. The number of carbonyl (C=O) groups is 1. The number of carbonyl (C=O) groups excluding carboxylic acids is 1. The Labute approximate surface area is 97.6 Å². The van der Waals surface area contributed by atoms with Gasteiger partial charge in [-0.1, -0.05) is 29.6 Å². The van der Waals surface area contributed by atoms with Crippen LogP contribution in [0.5, 0.6) is 0 Å². The highest BCUT2D eigenvalue weighted by atomic mass is 35.5. The van der Waals surface area contributed by atoms with Crippen LogP contribution in [0.4, 0.5) is 5.69 Å². The highest BCUT2D eigenvalue weighted by Gasteiger charge is 2.51. The zero-order valence-corrected chi connectivity index (χ0v) is 9.45. The Hall–Kier alpha value is -0.730. The Bertz CT molecular complexity index is 466. The fourth-order valence-corrected chi connectivity index (χ4v) is 3.00. The van der Waals surface area contributed by atoms with E-state index >= 15 is 0 Å². The average Bonchev–Trinajstić information content (AvgIpc) is 2.37. The van der Waals surface area contributed by atoms with E-state index in [9.17, 15) is 4.79 Å². The third-order valence-electron chi connectivity index (χ3n) is 3.45. The van der Waals surface area contributed by atoms with E-state index in [4.69, 9.17) is 23.2 Å². The number of nitrogens with one attached hydrogen (secondary N) is 1. The number of benzene rings is 1. The molecule has 1 fully saturated rings. The van der Waals surface area contributed by atoms with E-state index < -0.39 is 0 Å². The van der Waals surface area contributed by atoms with Gasteiger partial charge in [-0.3, -0.25) is 4.79 Å². The lowest BCUT2D eigenvalue weighted by Crippen LogP contribution is -2.40. The Balaban J connectivity index is 2.24. The first-order valence-electron chi connectivity index (χ1n) is 4.94. The molecule has 4 heteroatoms. The predicted molar refractivity (Wildman–Crippen MR) is 60.6 cm³/mol. The summed E-state index contributed by atoms with van der Waals surface area (Å²) in [6.07, 6.45) is 2.90. The highest BCUT2D eigenvalue weighted by molar-refractivity contribution is 6.37. The van der Waals surface area contributed by atoms with Crippen LogP contribution in [-0.2, 0) is 10.2 Å². The molecule has 78 valence electrons. The third kappa shape index (κ3) is 1.09. The SMILES string of the molecule is O=C1Nc2c(Cl)cc(Cl)cc2C12CCC2. The monoisotopic (exact) mass is 241 g/mol. The van der Waals surface area contributed by atoms with Gasteiger partial charge in [0.05, 0.1) is 16.1 Å². The fraction of sp³-hybridized carbons (Fsp3) is 0.364. The summed E-state index contributed by atoms with van der Waals surface area (Å²) in [5, 5.41) is 3.99. The second kappa shape index (κ2) is 2.89. The van der Waals surface area contributed by atoms with Gasteiger partial charge < -0.3 is 5.32 Å². The van der Waals surface area contributed by atoms with Gasteiger partial charge in [0.2, 0.25) is 5.91 Å². The lowest BCUT2D eigenvalue weighted by molar-refractivity contribution is -0.123. The van der Waals surface area contributed by atoms with Gasteiger partial charge in [-0.25, -0.2) is 0 Å². The number of hydrogen-bond acceptors (Lipinski definition) is 1. The van der Waals surface area contributed by atoms with Crippen molar-refractivity contribution in [1.29, 1.82) is 0 Å². The number of amides is 1. The van der Waals surface area contributed by atoms with Gasteiger partial charge >= 0.3 is 0 Å². The molecule has 0 aromatic heterocycles. The van der Waals surface area contributed by atoms with E-state index in [-0.39, 0.29) is 11.3 Å². The molecule has 1 aliphatic heterocycles. The second-order valence-corrected chi connectivity index (χ2v) is 5.04. The van der Waals surface area contributed by atoms with Crippen molar-refractivity contribution in [3.63, 3.8) is 0 Å². The molecule has 0 bridgehead atoms. The van der Waals surface area contributed by atoms with Gasteiger partial charge in [0.25, 0.3) is 0 Å². The summed E-state index contributed by atoms with van der Waals surface area (Å²) in [6, 6.07) is 3.53. The minimum atomic E-state index is -0.329. The molecule has 0 radical (unpaired) electrons. The standard InChI is InChI=1S/C11H9Cl2NO/c12-6-4-7-9(8(13)5-6)14-10(15)11(7)2-1-3-11/h4-5H,1-3H2,(H,14,15). The van der Waals surface area contributed by atoms with Crippen molar-refractivity contribution in [2.45, 2.75) is 24.7 Å². The van der Waals surface area contributed by atoms with Crippen LogP contribution in [0, 0.1) is 0 Å². The largest absolute Gasteiger partial charge is 0.324 e. The molecule has 2 aliphatic rings. The summed E-state index contributed by atoms with van der Waals surface area (Å²) in [4.78, 5) is 11.9. The molecule has 2 nitrogen and oxygen atoms in total. The van der Waals surface area contributed by atoms with Gasteiger partial charge in [-0.15, -0.1) is 0 Å². The second-order valence-electron chi connectivity index (χ2n) is 4.20. The Morgan fingerprint density at radius 3 is 2.60 bits per heavy atom. The molecule has 3 rings (SSSR count). The van der Waals surface area contributed by atoms with Crippen LogP contribution < -0.4 is 5.32 Å². The number of fused-ring (bicyclic) bond motifs is 2. The first-order valence-corrected chi connectivity index (χ1v) is 5.70. The molecule has 15 heavy (non-hydrogen) atoms. The summed E-state index contributed by atoms with van der Waals surface area (Å²) in [5.41, 5.74) is 1.41.